The van der Waals surface area contributed by atoms with Crippen molar-refractivity contribution in [2.75, 3.05) is 5.32 Å². The number of carbonyl (C=O) groups excluding carboxylic acids is 1. The summed E-state index contributed by atoms with van der Waals surface area (Å²) in [6.07, 6.45) is 0. The molecule has 0 spiro atoms. The summed E-state index contributed by atoms with van der Waals surface area (Å²) in [5.74, 6) is 1.03. The number of benzene rings is 2. The maximum Gasteiger partial charge on any atom is 0.259 e. The van der Waals surface area contributed by atoms with E-state index in [4.69, 9.17) is 9.26 Å². The summed E-state index contributed by atoms with van der Waals surface area (Å²) in [5, 5.41) is 6.80. The first-order valence-corrected chi connectivity index (χ1v) is 8.83. The van der Waals surface area contributed by atoms with Gasteiger partial charge in [0.15, 0.2) is 0 Å². The van der Waals surface area contributed by atoms with E-state index < -0.39 is 0 Å². The molecule has 6 heteroatoms. The van der Waals surface area contributed by atoms with Crippen molar-refractivity contribution < 1.29 is 14.1 Å². The van der Waals surface area contributed by atoms with Crippen LogP contribution in [0.25, 0.3) is 0 Å². The molecule has 0 bridgehead atoms. The molecule has 0 saturated carbocycles. The molecule has 1 amide bonds. The summed E-state index contributed by atoms with van der Waals surface area (Å²) >= 11 is 2.22. The van der Waals surface area contributed by atoms with Crippen LogP contribution in [0.3, 0.4) is 0 Å². The van der Waals surface area contributed by atoms with Crippen molar-refractivity contribution in [2.24, 2.45) is 0 Å². The van der Waals surface area contributed by atoms with E-state index in [0.29, 0.717) is 17.9 Å². The highest BCUT2D eigenvalue weighted by Crippen LogP contribution is 2.23. The highest BCUT2D eigenvalue weighted by Gasteiger charge is 2.15. The van der Waals surface area contributed by atoms with Gasteiger partial charge in [-0.1, -0.05) is 17.3 Å². The number of halogens is 1. The van der Waals surface area contributed by atoms with Gasteiger partial charge in [-0.2, -0.15) is 0 Å². The molecule has 3 rings (SSSR count). The van der Waals surface area contributed by atoms with Gasteiger partial charge in [0.2, 0.25) is 0 Å². The number of ether oxygens (including phenoxy) is 1. The van der Waals surface area contributed by atoms with Gasteiger partial charge in [-0.3, -0.25) is 4.79 Å². The lowest BCUT2D eigenvalue weighted by molar-refractivity contribution is 0.102. The summed E-state index contributed by atoms with van der Waals surface area (Å²) < 4.78 is 12.1. The molecule has 0 atom stereocenters. The Morgan fingerprint density at radius 3 is 2.56 bits per heavy atom. The molecule has 1 aromatic heterocycles. The maximum atomic E-state index is 12.6. The molecule has 3 aromatic rings. The highest BCUT2D eigenvalue weighted by atomic mass is 127. The second kappa shape index (κ2) is 7.69. The van der Waals surface area contributed by atoms with E-state index in [2.05, 4.69) is 33.1 Å². The smallest absolute Gasteiger partial charge is 0.259 e. The monoisotopic (exact) mass is 448 g/mol. The predicted octanol–water partition coefficient (Wildman–Crippen LogP) is 4.73. The third kappa shape index (κ3) is 4.19. The number of hydrogen-bond donors (Lipinski definition) is 1. The normalized spacial score (nSPS) is 10.5. The lowest BCUT2D eigenvalue weighted by atomic mass is 10.1. The van der Waals surface area contributed by atoms with Crippen LogP contribution in [0, 0.1) is 17.4 Å². The van der Waals surface area contributed by atoms with E-state index in [0.717, 1.165) is 26.3 Å². The molecule has 1 N–H and O–H groups in total. The van der Waals surface area contributed by atoms with Crippen molar-refractivity contribution in [2.45, 2.75) is 20.5 Å². The second-order valence-corrected chi connectivity index (χ2v) is 6.79. The Morgan fingerprint density at radius 1 is 1.16 bits per heavy atom. The number of aryl methyl sites for hydroxylation is 2. The topological polar surface area (TPSA) is 64.4 Å². The molecule has 0 aliphatic heterocycles. The molecule has 2 aromatic carbocycles. The summed E-state index contributed by atoms with van der Waals surface area (Å²) in [6.45, 7) is 4.01. The minimum Gasteiger partial charge on any atom is -0.488 e. The molecular weight excluding hydrogens is 431 g/mol. The molecule has 0 radical (unpaired) electrons. The SMILES string of the molecule is Cc1noc(C)c1COc1ccccc1C(=O)Nc1ccc(I)cc1. The number of aromatic nitrogens is 1. The Hall–Kier alpha value is -2.35. The molecule has 0 aliphatic carbocycles. The largest absolute Gasteiger partial charge is 0.488 e. The summed E-state index contributed by atoms with van der Waals surface area (Å²) in [5.41, 5.74) is 2.91. The third-order valence-corrected chi connectivity index (χ3v) is 4.51. The second-order valence-electron chi connectivity index (χ2n) is 5.55. The molecular formula is C19H17IN2O3. The van der Waals surface area contributed by atoms with Crippen LogP contribution in [-0.4, -0.2) is 11.1 Å². The average Bonchev–Trinajstić information content (AvgIpc) is 2.93. The maximum absolute atomic E-state index is 12.6. The molecule has 128 valence electrons. The van der Waals surface area contributed by atoms with Crippen molar-refractivity contribution in [1.29, 1.82) is 0 Å². The minimum absolute atomic E-state index is 0.212. The quantitative estimate of drug-likeness (QED) is 0.574. The minimum atomic E-state index is -0.212. The molecule has 1 heterocycles. The molecule has 0 saturated heterocycles. The Kier molecular flexibility index (Phi) is 5.37. The van der Waals surface area contributed by atoms with Crippen molar-refractivity contribution in [3.8, 4) is 5.75 Å². The number of nitrogens with one attached hydrogen (secondary N) is 1. The third-order valence-electron chi connectivity index (χ3n) is 3.79. The lowest BCUT2D eigenvalue weighted by Gasteiger charge is -2.12. The summed E-state index contributed by atoms with van der Waals surface area (Å²) in [4.78, 5) is 12.6. The van der Waals surface area contributed by atoms with Crippen LogP contribution >= 0.6 is 22.6 Å². The Bertz CT molecular complexity index is 868. The number of anilines is 1. The van der Waals surface area contributed by atoms with E-state index >= 15 is 0 Å². The zero-order chi connectivity index (χ0) is 17.8. The Labute approximate surface area is 159 Å². The highest BCUT2D eigenvalue weighted by molar-refractivity contribution is 14.1. The van der Waals surface area contributed by atoms with Gasteiger partial charge in [0.1, 0.15) is 18.1 Å². The van der Waals surface area contributed by atoms with Gasteiger partial charge in [-0.05, 0) is 72.8 Å². The van der Waals surface area contributed by atoms with Crippen molar-refractivity contribution in [1.82, 2.24) is 5.16 Å². The van der Waals surface area contributed by atoms with E-state index in [1.54, 1.807) is 12.1 Å². The van der Waals surface area contributed by atoms with Gasteiger partial charge < -0.3 is 14.6 Å². The number of hydrogen-bond acceptors (Lipinski definition) is 4. The number of amides is 1. The van der Waals surface area contributed by atoms with Crippen LogP contribution in [0.15, 0.2) is 53.1 Å². The first-order chi connectivity index (χ1) is 12.0. The van der Waals surface area contributed by atoms with E-state index in [1.165, 1.54) is 0 Å². The molecule has 0 unspecified atom stereocenters. The van der Waals surface area contributed by atoms with Crippen LogP contribution in [0.4, 0.5) is 5.69 Å². The van der Waals surface area contributed by atoms with Crippen LogP contribution in [0.2, 0.25) is 0 Å². The molecule has 0 fully saturated rings. The van der Waals surface area contributed by atoms with Gasteiger partial charge >= 0.3 is 0 Å². The first-order valence-electron chi connectivity index (χ1n) is 7.75. The van der Waals surface area contributed by atoms with Crippen LogP contribution in [0.1, 0.15) is 27.4 Å². The fourth-order valence-electron chi connectivity index (χ4n) is 2.37. The van der Waals surface area contributed by atoms with Gasteiger partial charge in [0.05, 0.1) is 16.8 Å². The first kappa shape index (κ1) is 17.5. The van der Waals surface area contributed by atoms with E-state index in [1.807, 2.05) is 50.2 Å². The fourth-order valence-corrected chi connectivity index (χ4v) is 2.73. The number of carbonyl (C=O) groups is 1. The number of rotatable bonds is 5. The standard InChI is InChI=1S/C19H17IN2O3/c1-12-17(13(2)25-22-12)11-24-18-6-4-3-5-16(18)19(23)21-15-9-7-14(20)8-10-15/h3-10H,11H2,1-2H3,(H,21,23). The average molecular weight is 448 g/mol. The molecule has 0 aliphatic rings. The predicted molar refractivity (Wildman–Crippen MR) is 104 cm³/mol. The molecule has 5 nitrogen and oxygen atoms in total. The van der Waals surface area contributed by atoms with Gasteiger partial charge in [-0.25, -0.2) is 0 Å². The Balaban J connectivity index is 1.76. The van der Waals surface area contributed by atoms with Crippen molar-refractivity contribution >= 4 is 34.2 Å². The molecule has 25 heavy (non-hydrogen) atoms. The summed E-state index contributed by atoms with van der Waals surface area (Å²) in [6, 6.07) is 14.8. The van der Waals surface area contributed by atoms with Crippen molar-refractivity contribution in [3.05, 3.63) is 74.7 Å². The van der Waals surface area contributed by atoms with E-state index in [-0.39, 0.29) is 5.91 Å². The van der Waals surface area contributed by atoms with E-state index in [9.17, 15) is 4.79 Å². The van der Waals surface area contributed by atoms with Gasteiger partial charge in [0, 0.05) is 9.26 Å². The summed E-state index contributed by atoms with van der Waals surface area (Å²) in [7, 11) is 0. The Morgan fingerprint density at radius 2 is 1.88 bits per heavy atom. The number of para-hydroxylation sites is 1. The van der Waals surface area contributed by atoms with Crippen LogP contribution in [0.5, 0.6) is 5.75 Å². The fraction of sp³-hybridized carbons (Fsp3) is 0.158. The lowest BCUT2D eigenvalue weighted by Crippen LogP contribution is -2.13. The van der Waals surface area contributed by atoms with Crippen LogP contribution < -0.4 is 10.1 Å². The van der Waals surface area contributed by atoms with Gasteiger partial charge in [-0.15, -0.1) is 0 Å². The van der Waals surface area contributed by atoms with Gasteiger partial charge in [0.25, 0.3) is 5.91 Å². The van der Waals surface area contributed by atoms with Crippen LogP contribution in [-0.2, 0) is 6.61 Å². The zero-order valence-electron chi connectivity index (χ0n) is 13.9. The van der Waals surface area contributed by atoms with Crippen molar-refractivity contribution in [3.63, 3.8) is 0 Å². The number of nitrogens with zero attached hydrogens (tertiary/aromatic N) is 1. The zero-order valence-corrected chi connectivity index (χ0v) is 16.0.